The highest BCUT2D eigenvalue weighted by atomic mass is 16.5. The van der Waals surface area contributed by atoms with Gasteiger partial charge in [0.25, 0.3) is 0 Å². The monoisotopic (exact) mass is 156 g/mol. The normalized spacial score (nSPS) is 22.4. The number of nitrogens with zero attached hydrogens (tertiary/aromatic N) is 1. The number of likely N-dealkylation sites (tertiary alicyclic amines) is 1. The molecule has 0 radical (unpaired) electrons. The fourth-order valence-corrected chi connectivity index (χ4v) is 1.44. The molecule has 11 heavy (non-hydrogen) atoms. The maximum atomic E-state index is 5.37. The van der Waals surface area contributed by atoms with Gasteiger partial charge in [0.05, 0.1) is 0 Å². The van der Waals surface area contributed by atoms with Gasteiger partial charge < -0.3 is 9.64 Å². The fraction of sp³-hybridized carbons (Fsp3) is 0.889. The van der Waals surface area contributed by atoms with Crippen molar-refractivity contribution < 1.29 is 4.74 Å². The van der Waals surface area contributed by atoms with E-state index in [-0.39, 0.29) is 0 Å². The van der Waals surface area contributed by atoms with E-state index in [1.165, 1.54) is 12.8 Å². The van der Waals surface area contributed by atoms with E-state index in [4.69, 9.17) is 4.74 Å². The molecule has 1 aliphatic rings. The molecular weight excluding hydrogens is 138 g/mol. The number of ether oxygens (including phenoxy) is 1. The largest absolute Gasteiger partial charge is 0.459 e. The SMILES string of the molecule is [CH2-]N1CCC(COCC)CC1. The number of piperidine rings is 1. The average Bonchev–Trinajstić information content (AvgIpc) is 2.04. The van der Waals surface area contributed by atoms with Gasteiger partial charge in [-0.25, -0.2) is 0 Å². The van der Waals surface area contributed by atoms with E-state index in [0.717, 1.165) is 32.2 Å². The quantitative estimate of drug-likeness (QED) is 0.574. The molecule has 0 bridgehead atoms. The van der Waals surface area contributed by atoms with Gasteiger partial charge in [0.2, 0.25) is 0 Å². The Labute approximate surface area is 69.5 Å². The van der Waals surface area contributed by atoms with Crippen LogP contribution in [0.15, 0.2) is 0 Å². The summed E-state index contributed by atoms with van der Waals surface area (Å²) in [6, 6.07) is 0. The van der Waals surface area contributed by atoms with Gasteiger partial charge in [-0.3, -0.25) is 7.05 Å². The molecule has 0 aromatic heterocycles. The molecule has 0 unspecified atom stereocenters. The maximum Gasteiger partial charge on any atom is 0.0495 e. The second kappa shape index (κ2) is 4.73. The van der Waals surface area contributed by atoms with Crippen molar-refractivity contribution in [3.05, 3.63) is 7.05 Å². The van der Waals surface area contributed by atoms with Gasteiger partial charge >= 0.3 is 0 Å². The molecule has 0 aromatic rings. The zero-order chi connectivity index (χ0) is 8.10. The van der Waals surface area contributed by atoms with Crippen LogP contribution in [0.25, 0.3) is 0 Å². The lowest BCUT2D eigenvalue weighted by Gasteiger charge is -2.34. The van der Waals surface area contributed by atoms with Crippen LogP contribution in [0.3, 0.4) is 0 Å². The summed E-state index contributed by atoms with van der Waals surface area (Å²) >= 11 is 0. The molecule has 0 spiro atoms. The highest BCUT2D eigenvalue weighted by Crippen LogP contribution is 2.16. The summed E-state index contributed by atoms with van der Waals surface area (Å²) in [5.74, 6) is 0.785. The molecule has 1 rings (SSSR count). The van der Waals surface area contributed by atoms with Crippen molar-refractivity contribution >= 4 is 0 Å². The van der Waals surface area contributed by atoms with E-state index in [2.05, 4.69) is 18.9 Å². The van der Waals surface area contributed by atoms with Gasteiger partial charge in [-0.05, 0) is 38.8 Å². The van der Waals surface area contributed by atoms with Crippen LogP contribution in [0.2, 0.25) is 0 Å². The molecule has 1 heterocycles. The van der Waals surface area contributed by atoms with E-state index in [1.54, 1.807) is 0 Å². The van der Waals surface area contributed by atoms with E-state index >= 15 is 0 Å². The zero-order valence-electron chi connectivity index (χ0n) is 7.38. The Morgan fingerprint density at radius 3 is 2.64 bits per heavy atom. The number of hydrogen-bond acceptors (Lipinski definition) is 2. The van der Waals surface area contributed by atoms with Gasteiger partial charge in [-0.2, -0.15) is 0 Å². The molecule has 0 saturated carbocycles. The van der Waals surface area contributed by atoms with Gasteiger partial charge in [0.15, 0.2) is 0 Å². The van der Waals surface area contributed by atoms with Crippen molar-refractivity contribution in [3.8, 4) is 0 Å². The molecule has 0 amide bonds. The Balaban J connectivity index is 2.07. The topological polar surface area (TPSA) is 12.5 Å². The second-order valence-corrected chi connectivity index (χ2v) is 3.22. The highest BCUT2D eigenvalue weighted by molar-refractivity contribution is 4.70. The Kier molecular flexibility index (Phi) is 3.87. The first kappa shape index (κ1) is 9.01. The van der Waals surface area contributed by atoms with Crippen molar-refractivity contribution in [2.75, 3.05) is 26.3 Å². The predicted molar refractivity (Wildman–Crippen MR) is 46.1 cm³/mol. The molecule has 0 N–H and O–H groups in total. The first-order chi connectivity index (χ1) is 5.33. The third-order valence-corrected chi connectivity index (χ3v) is 2.26. The van der Waals surface area contributed by atoms with Crippen molar-refractivity contribution in [2.24, 2.45) is 5.92 Å². The van der Waals surface area contributed by atoms with Crippen LogP contribution < -0.4 is 0 Å². The molecule has 0 aliphatic carbocycles. The van der Waals surface area contributed by atoms with Crippen molar-refractivity contribution in [2.45, 2.75) is 19.8 Å². The molecule has 1 aliphatic heterocycles. The molecule has 0 aromatic carbocycles. The summed E-state index contributed by atoms with van der Waals surface area (Å²) in [5.41, 5.74) is 0. The molecule has 1 fully saturated rings. The fourth-order valence-electron chi connectivity index (χ4n) is 1.44. The Morgan fingerprint density at radius 1 is 1.45 bits per heavy atom. The van der Waals surface area contributed by atoms with Crippen LogP contribution >= 0.6 is 0 Å². The van der Waals surface area contributed by atoms with Crippen molar-refractivity contribution in [3.63, 3.8) is 0 Å². The molecular formula is C9H18NO-. The van der Waals surface area contributed by atoms with Gasteiger partial charge in [0.1, 0.15) is 0 Å². The smallest absolute Gasteiger partial charge is 0.0495 e. The van der Waals surface area contributed by atoms with Crippen LogP contribution in [0, 0.1) is 13.0 Å². The van der Waals surface area contributed by atoms with Crippen LogP contribution in [-0.4, -0.2) is 31.2 Å². The summed E-state index contributed by atoms with van der Waals surface area (Å²) in [6.45, 7) is 6.13. The van der Waals surface area contributed by atoms with E-state index in [0.29, 0.717) is 0 Å². The predicted octanol–water partition coefficient (Wildman–Crippen LogP) is 1.53. The van der Waals surface area contributed by atoms with Gasteiger partial charge in [-0.15, -0.1) is 0 Å². The van der Waals surface area contributed by atoms with E-state index < -0.39 is 0 Å². The molecule has 2 heteroatoms. The average molecular weight is 156 g/mol. The van der Waals surface area contributed by atoms with Crippen molar-refractivity contribution in [1.82, 2.24) is 4.90 Å². The van der Waals surface area contributed by atoms with Gasteiger partial charge in [0, 0.05) is 13.2 Å². The summed E-state index contributed by atoms with van der Waals surface area (Å²) in [7, 11) is 3.90. The Hall–Kier alpha value is -0.0800. The molecule has 66 valence electrons. The third kappa shape index (κ3) is 3.21. The number of hydrogen-bond donors (Lipinski definition) is 0. The Bertz CT molecular complexity index is 95.0. The van der Waals surface area contributed by atoms with E-state index in [9.17, 15) is 0 Å². The van der Waals surface area contributed by atoms with Crippen LogP contribution in [-0.2, 0) is 4.74 Å². The van der Waals surface area contributed by atoms with Crippen LogP contribution in [0.5, 0.6) is 0 Å². The minimum Gasteiger partial charge on any atom is -0.459 e. The van der Waals surface area contributed by atoms with Gasteiger partial charge in [-0.1, -0.05) is 0 Å². The standard InChI is InChI=1S/C9H18NO/c1-3-11-8-9-4-6-10(2)7-5-9/h9H,2-8H2,1H3/q-1. The summed E-state index contributed by atoms with van der Waals surface area (Å²) in [5, 5.41) is 0. The summed E-state index contributed by atoms with van der Waals surface area (Å²) in [6.07, 6.45) is 2.51. The lowest BCUT2D eigenvalue weighted by atomic mass is 9.98. The first-order valence-electron chi connectivity index (χ1n) is 4.46. The first-order valence-corrected chi connectivity index (χ1v) is 4.46. The molecule has 1 saturated heterocycles. The second-order valence-electron chi connectivity index (χ2n) is 3.22. The van der Waals surface area contributed by atoms with Crippen LogP contribution in [0.1, 0.15) is 19.8 Å². The van der Waals surface area contributed by atoms with Crippen molar-refractivity contribution in [1.29, 1.82) is 0 Å². The minimum atomic E-state index is 0.785. The third-order valence-electron chi connectivity index (χ3n) is 2.26. The maximum absolute atomic E-state index is 5.37. The summed E-state index contributed by atoms with van der Waals surface area (Å²) < 4.78 is 5.37. The molecule has 2 nitrogen and oxygen atoms in total. The minimum absolute atomic E-state index is 0.785. The Morgan fingerprint density at radius 2 is 2.09 bits per heavy atom. The lowest BCUT2D eigenvalue weighted by molar-refractivity contribution is 0.0832. The zero-order valence-corrected chi connectivity index (χ0v) is 7.38. The van der Waals surface area contributed by atoms with Crippen LogP contribution in [0.4, 0.5) is 0 Å². The summed E-state index contributed by atoms with van der Waals surface area (Å²) in [4.78, 5) is 2.14. The van der Waals surface area contributed by atoms with E-state index in [1.807, 2.05) is 0 Å². The molecule has 0 atom stereocenters. The highest BCUT2D eigenvalue weighted by Gasteiger charge is 2.13. The lowest BCUT2D eigenvalue weighted by Crippen LogP contribution is -2.30. The number of rotatable bonds is 3.